The van der Waals surface area contributed by atoms with Gasteiger partial charge in [0.25, 0.3) is 0 Å². The lowest BCUT2D eigenvalue weighted by atomic mass is 10.1. The summed E-state index contributed by atoms with van der Waals surface area (Å²) in [6.07, 6.45) is 0.897. The van der Waals surface area contributed by atoms with Gasteiger partial charge in [-0.05, 0) is 57.0 Å². The number of carbonyl (C=O) groups is 1. The van der Waals surface area contributed by atoms with Crippen LogP contribution in [0.15, 0.2) is 47.5 Å². The van der Waals surface area contributed by atoms with Gasteiger partial charge in [-0.1, -0.05) is 18.2 Å². The van der Waals surface area contributed by atoms with Crippen molar-refractivity contribution in [2.75, 3.05) is 26.2 Å². The van der Waals surface area contributed by atoms with Crippen molar-refractivity contribution in [1.29, 1.82) is 0 Å². The van der Waals surface area contributed by atoms with Crippen LogP contribution in [0.1, 0.15) is 31.4 Å². The number of urea groups is 1. The Bertz CT molecular complexity index is 938. The van der Waals surface area contributed by atoms with Gasteiger partial charge in [-0.3, -0.25) is 0 Å². The number of nitrogens with one attached hydrogen (secondary N) is 1. The van der Waals surface area contributed by atoms with Crippen LogP contribution in [-0.4, -0.2) is 53.9 Å². The molecule has 0 saturated carbocycles. The van der Waals surface area contributed by atoms with Crippen molar-refractivity contribution >= 4 is 17.6 Å². The molecule has 6 nitrogen and oxygen atoms in total. The molecule has 0 unspecified atom stereocenters. The van der Waals surface area contributed by atoms with Crippen LogP contribution in [-0.2, 0) is 0 Å². The molecule has 6 heteroatoms. The number of aryl methyl sites for hydroxylation is 1. The molecule has 2 aromatic carbocycles. The van der Waals surface area contributed by atoms with Crippen LogP contribution in [0.5, 0.6) is 11.5 Å². The van der Waals surface area contributed by atoms with Crippen molar-refractivity contribution in [3.63, 3.8) is 0 Å². The highest BCUT2D eigenvalue weighted by Gasteiger charge is 2.26. The van der Waals surface area contributed by atoms with Gasteiger partial charge in [-0.15, -0.1) is 0 Å². The van der Waals surface area contributed by atoms with E-state index < -0.39 is 0 Å². The summed E-state index contributed by atoms with van der Waals surface area (Å²) >= 11 is 0. The zero-order valence-electron chi connectivity index (χ0n) is 17.3. The molecule has 0 aliphatic carbocycles. The van der Waals surface area contributed by atoms with E-state index in [0.29, 0.717) is 6.54 Å². The zero-order valence-corrected chi connectivity index (χ0v) is 17.3. The second-order valence-electron chi connectivity index (χ2n) is 7.94. The van der Waals surface area contributed by atoms with Gasteiger partial charge in [-0.2, -0.15) is 0 Å². The number of aliphatic imine (C=N–C) groups is 1. The second-order valence-corrected chi connectivity index (χ2v) is 7.94. The van der Waals surface area contributed by atoms with E-state index in [1.54, 1.807) is 0 Å². The highest BCUT2D eigenvalue weighted by molar-refractivity contribution is 6.03. The molecule has 1 N–H and O–H groups in total. The number of amides is 2. The third-order valence-corrected chi connectivity index (χ3v) is 5.18. The maximum absolute atomic E-state index is 12.4. The number of ether oxygens (including phenoxy) is 1. The Balaban J connectivity index is 1.64. The summed E-state index contributed by atoms with van der Waals surface area (Å²) in [5.41, 5.74) is 2.96. The predicted octanol–water partition coefficient (Wildman–Crippen LogP) is 4.30. The first-order valence-corrected chi connectivity index (χ1v) is 10.3. The predicted molar refractivity (Wildman–Crippen MR) is 115 cm³/mol. The molecule has 152 valence electrons. The molecule has 0 bridgehead atoms. The summed E-state index contributed by atoms with van der Waals surface area (Å²) in [6, 6.07) is 14.3. The molecule has 1 fully saturated rings. The number of nitrogens with zero attached hydrogens (tertiary/aromatic N) is 3. The highest BCUT2D eigenvalue weighted by atomic mass is 16.5. The Morgan fingerprint density at radius 2 is 1.90 bits per heavy atom. The Hall–Kier alpha value is -3.02. The van der Waals surface area contributed by atoms with Gasteiger partial charge in [0.1, 0.15) is 17.3 Å². The van der Waals surface area contributed by atoms with Crippen LogP contribution in [0.2, 0.25) is 0 Å². The van der Waals surface area contributed by atoms with E-state index in [1.807, 2.05) is 49.1 Å². The lowest BCUT2D eigenvalue weighted by molar-refractivity contribution is 0.198. The molecule has 0 spiro atoms. The van der Waals surface area contributed by atoms with Crippen molar-refractivity contribution in [3.8, 4) is 11.5 Å². The number of para-hydroxylation sites is 1. The molecule has 0 atom stereocenters. The summed E-state index contributed by atoms with van der Waals surface area (Å²) in [5, 5.41) is 3.00. The number of hydrogen-bond donors (Lipinski definition) is 1. The Kier molecular flexibility index (Phi) is 5.43. The molecule has 1 saturated heterocycles. The number of carbonyl (C=O) groups excluding carboxylic acids is 1. The number of amidine groups is 1. The molecule has 4 rings (SSSR count). The summed E-state index contributed by atoms with van der Waals surface area (Å²) in [4.78, 5) is 21.6. The van der Waals surface area contributed by atoms with Crippen LogP contribution in [0, 0.1) is 6.92 Å². The molecular weight excluding hydrogens is 364 g/mol. The van der Waals surface area contributed by atoms with E-state index in [-0.39, 0.29) is 12.1 Å². The average Bonchev–Trinajstić information content (AvgIpc) is 3.02. The lowest BCUT2D eigenvalue weighted by Gasteiger charge is -2.25. The van der Waals surface area contributed by atoms with Gasteiger partial charge in [0.05, 0.1) is 5.56 Å². The third kappa shape index (κ3) is 4.21. The molecule has 0 radical (unpaired) electrons. The van der Waals surface area contributed by atoms with Crippen molar-refractivity contribution in [2.24, 2.45) is 4.99 Å². The lowest BCUT2D eigenvalue weighted by Crippen LogP contribution is -2.44. The second kappa shape index (κ2) is 8.15. The maximum Gasteiger partial charge on any atom is 0.317 e. The Labute approximate surface area is 172 Å². The van der Waals surface area contributed by atoms with Crippen molar-refractivity contribution < 1.29 is 9.53 Å². The topological polar surface area (TPSA) is 57.2 Å². The molecule has 2 amide bonds. The van der Waals surface area contributed by atoms with Crippen molar-refractivity contribution in [2.45, 2.75) is 33.2 Å². The van der Waals surface area contributed by atoms with E-state index in [2.05, 4.69) is 29.3 Å². The van der Waals surface area contributed by atoms with Gasteiger partial charge in [-0.25, -0.2) is 9.79 Å². The fraction of sp³-hybridized carbons (Fsp3) is 0.391. The van der Waals surface area contributed by atoms with Gasteiger partial charge in [0.2, 0.25) is 0 Å². The number of rotatable bonds is 1. The largest absolute Gasteiger partial charge is 0.454 e. The minimum atomic E-state index is 0.00853. The summed E-state index contributed by atoms with van der Waals surface area (Å²) in [7, 11) is 0. The first kappa shape index (κ1) is 19.3. The van der Waals surface area contributed by atoms with E-state index in [4.69, 9.17) is 9.73 Å². The Morgan fingerprint density at radius 3 is 2.72 bits per heavy atom. The van der Waals surface area contributed by atoms with E-state index in [1.165, 1.54) is 0 Å². The van der Waals surface area contributed by atoms with Crippen LogP contribution < -0.4 is 10.1 Å². The van der Waals surface area contributed by atoms with Gasteiger partial charge in [0.15, 0.2) is 5.75 Å². The highest BCUT2D eigenvalue weighted by Crippen LogP contribution is 2.38. The molecule has 2 aliphatic heterocycles. The monoisotopic (exact) mass is 392 g/mol. The average molecular weight is 393 g/mol. The van der Waals surface area contributed by atoms with Crippen LogP contribution in [0.25, 0.3) is 0 Å². The van der Waals surface area contributed by atoms with Crippen molar-refractivity contribution in [1.82, 2.24) is 15.1 Å². The molecule has 2 heterocycles. The van der Waals surface area contributed by atoms with E-state index in [0.717, 1.165) is 60.2 Å². The maximum atomic E-state index is 12.4. The number of hydrogen-bond acceptors (Lipinski definition) is 4. The molecule has 29 heavy (non-hydrogen) atoms. The normalized spacial score (nSPS) is 16.2. The smallest absolute Gasteiger partial charge is 0.317 e. The number of fused-ring (bicyclic) bond motifs is 2. The minimum absolute atomic E-state index is 0.00853. The fourth-order valence-corrected chi connectivity index (χ4v) is 3.74. The fourth-order valence-electron chi connectivity index (χ4n) is 3.74. The third-order valence-electron chi connectivity index (χ3n) is 5.18. The first-order chi connectivity index (χ1) is 14.0. The van der Waals surface area contributed by atoms with Crippen LogP contribution in [0.4, 0.5) is 10.5 Å². The standard InChI is InChI=1S/C23H28N4O2/c1-16(2)24-23(28)27-12-6-11-26(13-14-27)22-18-7-4-5-8-20(18)29-21-15-17(3)9-10-19(21)25-22/h4-5,7-10,15-16H,6,11-14H2,1-3H3,(H,24,28). The minimum Gasteiger partial charge on any atom is -0.454 e. The van der Waals surface area contributed by atoms with E-state index in [9.17, 15) is 4.79 Å². The molecule has 2 aromatic rings. The molecule has 2 aliphatic rings. The van der Waals surface area contributed by atoms with Crippen LogP contribution >= 0.6 is 0 Å². The quantitative estimate of drug-likeness (QED) is 0.787. The van der Waals surface area contributed by atoms with E-state index >= 15 is 0 Å². The zero-order chi connectivity index (χ0) is 20.4. The summed E-state index contributed by atoms with van der Waals surface area (Å²) in [6.45, 7) is 9.02. The first-order valence-electron chi connectivity index (χ1n) is 10.3. The van der Waals surface area contributed by atoms with Crippen LogP contribution in [0.3, 0.4) is 0 Å². The number of benzene rings is 2. The SMILES string of the molecule is Cc1ccc2c(c1)Oc1ccccc1C(N1CCCN(C(=O)NC(C)C)CC1)=N2. The Morgan fingerprint density at radius 1 is 1.07 bits per heavy atom. The van der Waals surface area contributed by atoms with Gasteiger partial charge >= 0.3 is 6.03 Å². The van der Waals surface area contributed by atoms with Gasteiger partial charge < -0.3 is 19.9 Å². The van der Waals surface area contributed by atoms with Gasteiger partial charge in [0, 0.05) is 32.2 Å². The van der Waals surface area contributed by atoms with Crippen molar-refractivity contribution in [3.05, 3.63) is 53.6 Å². The molecule has 0 aromatic heterocycles. The molecular formula is C23H28N4O2. The summed E-state index contributed by atoms with van der Waals surface area (Å²) in [5.74, 6) is 2.50. The summed E-state index contributed by atoms with van der Waals surface area (Å²) < 4.78 is 6.22.